The van der Waals surface area contributed by atoms with Crippen LogP contribution in [0.2, 0.25) is 0 Å². The summed E-state index contributed by atoms with van der Waals surface area (Å²) in [6.45, 7) is 1.60. The molecule has 1 aromatic heterocycles. The van der Waals surface area contributed by atoms with E-state index in [4.69, 9.17) is 9.47 Å². The molecule has 0 fully saturated rings. The molecular weight excluding hydrogens is 142 g/mol. The van der Waals surface area contributed by atoms with Crippen LogP contribution in [0.25, 0.3) is 0 Å². The third kappa shape index (κ3) is 1.31. The molecule has 0 spiro atoms. The average molecular weight is 153 g/mol. The third-order valence-electron chi connectivity index (χ3n) is 1.73. The predicted molar refractivity (Wildman–Crippen MR) is 41.0 cm³/mol. The molecule has 0 bridgehead atoms. The van der Waals surface area contributed by atoms with E-state index in [1.54, 1.807) is 0 Å². The Balaban J connectivity index is 2.18. The minimum absolute atomic E-state index is 0.800. The SMILES string of the molecule is c1[nH]cc2c1OCCCCO2. The number of nitrogens with one attached hydrogen (secondary N) is 1. The molecule has 2 heterocycles. The van der Waals surface area contributed by atoms with E-state index in [0.717, 1.165) is 37.6 Å². The summed E-state index contributed by atoms with van der Waals surface area (Å²) < 4.78 is 10.8. The van der Waals surface area contributed by atoms with Crippen LogP contribution in [0.5, 0.6) is 11.5 Å². The van der Waals surface area contributed by atoms with Crippen molar-refractivity contribution in [3.05, 3.63) is 12.4 Å². The normalized spacial score (nSPS) is 17.1. The third-order valence-corrected chi connectivity index (χ3v) is 1.73. The number of aromatic amines is 1. The quantitative estimate of drug-likeness (QED) is 0.613. The van der Waals surface area contributed by atoms with E-state index >= 15 is 0 Å². The molecule has 60 valence electrons. The van der Waals surface area contributed by atoms with Gasteiger partial charge in [0.15, 0.2) is 11.5 Å². The van der Waals surface area contributed by atoms with Gasteiger partial charge in [-0.3, -0.25) is 0 Å². The Labute approximate surface area is 65.3 Å². The van der Waals surface area contributed by atoms with Crippen molar-refractivity contribution in [2.24, 2.45) is 0 Å². The topological polar surface area (TPSA) is 34.2 Å². The van der Waals surface area contributed by atoms with Crippen LogP contribution in [-0.2, 0) is 0 Å². The number of hydrogen-bond donors (Lipinski definition) is 1. The van der Waals surface area contributed by atoms with Crippen LogP contribution in [0.1, 0.15) is 12.8 Å². The fraction of sp³-hybridized carbons (Fsp3) is 0.500. The van der Waals surface area contributed by atoms with Gasteiger partial charge in [-0.2, -0.15) is 0 Å². The fourth-order valence-electron chi connectivity index (χ4n) is 1.13. The zero-order valence-corrected chi connectivity index (χ0v) is 6.30. The molecule has 0 aliphatic carbocycles. The summed E-state index contributed by atoms with van der Waals surface area (Å²) in [6, 6.07) is 0. The summed E-state index contributed by atoms with van der Waals surface area (Å²) in [7, 11) is 0. The van der Waals surface area contributed by atoms with E-state index in [-0.39, 0.29) is 0 Å². The maximum atomic E-state index is 5.41. The van der Waals surface area contributed by atoms with Gasteiger partial charge in [-0.15, -0.1) is 0 Å². The van der Waals surface area contributed by atoms with Gasteiger partial charge in [-0.05, 0) is 12.8 Å². The van der Waals surface area contributed by atoms with Crippen LogP contribution < -0.4 is 9.47 Å². The molecule has 1 aliphatic rings. The summed E-state index contributed by atoms with van der Waals surface area (Å²) in [6.07, 6.45) is 5.79. The van der Waals surface area contributed by atoms with Crippen LogP contribution in [0.3, 0.4) is 0 Å². The van der Waals surface area contributed by atoms with Crippen LogP contribution in [-0.4, -0.2) is 18.2 Å². The second-order valence-corrected chi connectivity index (χ2v) is 2.59. The first-order chi connectivity index (χ1) is 5.47. The first kappa shape index (κ1) is 6.58. The summed E-state index contributed by atoms with van der Waals surface area (Å²) in [5.74, 6) is 1.68. The molecule has 1 N–H and O–H groups in total. The van der Waals surface area contributed by atoms with Crippen molar-refractivity contribution in [3.63, 3.8) is 0 Å². The van der Waals surface area contributed by atoms with Crippen molar-refractivity contribution in [1.29, 1.82) is 0 Å². The summed E-state index contributed by atoms with van der Waals surface area (Å²) in [5, 5.41) is 0. The van der Waals surface area contributed by atoms with Crippen molar-refractivity contribution in [2.75, 3.05) is 13.2 Å². The lowest BCUT2D eigenvalue weighted by Crippen LogP contribution is -2.06. The second-order valence-electron chi connectivity index (χ2n) is 2.59. The van der Waals surface area contributed by atoms with E-state index in [2.05, 4.69) is 4.98 Å². The number of hydrogen-bond acceptors (Lipinski definition) is 2. The Morgan fingerprint density at radius 1 is 1.00 bits per heavy atom. The minimum atomic E-state index is 0.800. The number of H-pyrrole nitrogens is 1. The van der Waals surface area contributed by atoms with E-state index in [1.165, 1.54) is 0 Å². The highest BCUT2D eigenvalue weighted by Gasteiger charge is 2.08. The molecule has 11 heavy (non-hydrogen) atoms. The van der Waals surface area contributed by atoms with E-state index in [1.807, 2.05) is 12.4 Å². The summed E-state index contributed by atoms with van der Waals surface area (Å²) >= 11 is 0. The van der Waals surface area contributed by atoms with E-state index < -0.39 is 0 Å². The molecule has 0 atom stereocenters. The highest BCUT2D eigenvalue weighted by atomic mass is 16.5. The van der Waals surface area contributed by atoms with Crippen molar-refractivity contribution < 1.29 is 9.47 Å². The van der Waals surface area contributed by atoms with Gasteiger partial charge in [0.2, 0.25) is 0 Å². The maximum absolute atomic E-state index is 5.41. The van der Waals surface area contributed by atoms with Crippen molar-refractivity contribution in [2.45, 2.75) is 12.8 Å². The van der Waals surface area contributed by atoms with Gasteiger partial charge in [0.25, 0.3) is 0 Å². The van der Waals surface area contributed by atoms with E-state index in [0.29, 0.717) is 0 Å². The number of aromatic nitrogens is 1. The van der Waals surface area contributed by atoms with Crippen LogP contribution in [0.15, 0.2) is 12.4 Å². The minimum Gasteiger partial charge on any atom is -0.488 e. The molecule has 0 radical (unpaired) electrons. The molecule has 0 saturated heterocycles. The van der Waals surface area contributed by atoms with Gasteiger partial charge >= 0.3 is 0 Å². The molecular formula is C8H11NO2. The zero-order valence-electron chi connectivity index (χ0n) is 6.30. The molecule has 0 unspecified atom stereocenters. The summed E-state index contributed by atoms with van der Waals surface area (Å²) in [5.41, 5.74) is 0. The molecule has 0 aromatic carbocycles. The lowest BCUT2D eigenvalue weighted by atomic mass is 10.3. The Morgan fingerprint density at radius 2 is 1.55 bits per heavy atom. The Morgan fingerprint density at radius 3 is 2.09 bits per heavy atom. The monoisotopic (exact) mass is 153 g/mol. The van der Waals surface area contributed by atoms with Crippen molar-refractivity contribution in [1.82, 2.24) is 4.98 Å². The first-order valence-corrected chi connectivity index (χ1v) is 3.89. The Kier molecular flexibility index (Phi) is 1.71. The van der Waals surface area contributed by atoms with Gasteiger partial charge in [0.1, 0.15) is 0 Å². The lowest BCUT2D eigenvalue weighted by Gasteiger charge is -2.11. The summed E-state index contributed by atoms with van der Waals surface area (Å²) in [4.78, 5) is 2.95. The van der Waals surface area contributed by atoms with Crippen LogP contribution in [0, 0.1) is 0 Å². The van der Waals surface area contributed by atoms with Crippen molar-refractivity contribution in [3.8, 4) is 11.5 Å². The number of fused-ring (bicyclic) bond motifs is 1. The van der Waals surface area contributed by atoms with Gasteiger partial charge < -0.3 is 14.5 Å². The number of rotatable bonds is 0. The highest BCUT2D eigenvalue weighted by Crippen LogP contribution is 2.27. The van der Waals surface area contributed by atoms with Crippen LogP contribution in [0.4, 0.5) is 0 Å². The molecule has 3 nitrogen and oxygen atoms in total. The molecule has 3 heteroatoms. The zero-order chi connectivity index (χ0) is 7.52. The van der Waals surface area contributed by atoms with Crippen LogP contribution >= 0.6 is 0 Å². The van der Waals surface area contributed by atoms with E-state index in [9.17, 15) is 0 Å². The second kappa shape index (κ2) is 2.86. The molecule has 1 aromatic rings. The number of ether oxygens (including phenoxy) is 2. The van der Waals surface area contributed by atoms with Gasteiger partial charge in [0.05, 0.1) is 13.2 Å². The molecule has 0 amide bonds. The van der Waals surface area contributed by atoms with Gasteiger partial charge in [-0.1, -0.05) is 0 Å². The Bertz CT molecular complexity index is 209. The maximum Gasteiger partial charge on any atom is 0.178 e. The predicted octanol–water partition coefficient (Wildman–Crippen LogP) is 1.57. The first-order valence-electron chi connectivity index (χ1n) is 3.89. The molecule has 0 saturated carbocycles. The van der Waals surface area contributed by atoms with Gasteiger partial charge in [-0.25, -0.2) is 0 Å². The standard InChI is InChI=1S/C8H11NO2/c1-2-4-11-8-6-9-5-7(8)10-3-1/h5-6,9H,1-4H2. The largest absolute Gasteiger partial charge is 0.488 e. The van der Waals surface area contributed by atoms with Gasteiger partial charge in [0, 0.05) is 12.4 Å². The smallest absolute Gasteiger partial charge is 0.178 e. The fourth-order valence-corrected chi connectivity index (χ4v) is 1.13. The lowest BCUT2D eigenvalue weighted by molar-refractivity contribution is 0.225. The van der Waals surface area contributed by atoms with Crippen molar-refractivity contribution >= 4 is 0 Å². The Hall–Kier alpha value is -1.12. The highest BCUT2D eigenvalue weighted by molar-refractivity contribution is 5.36. The molecule has 1 aliphatic heterocycles. The molecule has 2 rings (SSSR count). The average Bonchev–Trinajstić information content (AvgIpc) is 2.35.